The second-order valence-corrected chi connectivity index (χ2v) is 5.22. The summed E-state index contributed by atoms with van der Waals surface area (Å²) in [5.41, 5.74) is 0.999. The molecule has 4 heteroatoms. The molecule has 1 fully saturated rings. The Bertz CT molecular complexity index is 303. The number of nitrogens with zero attached hydrogens (tertiary/aromatic N) is 2. The first kappa shape index (κ1) is 10.2. The van der Waals surface area contributed by atoms with Crippen LogP contribution in [-0.2, 0) is 5.88 Å². The Morgan fingerprint density at radius 2 is 2.14 bits per heavy atom. The van der Waals surface area contributed by atoms with Gasteiger partial charge >= 0.3 is 0 Å². The predicted molar refractivity (Wildman–Crippen MR) is 62.2 cm³/mol. The highest BCUT2D eigenvalue weighted by atomic mass is 35.5. The number of rotatable bonds is 2. The molecule has 0 aliphatic carbocycles. The first-order valence-corrected chi connectivity index (χ1v) is 6.37. The summed E-state index contributed by atoms with van der Waals surface area (Å²) in [6, 6.07) is 0. The molecular formula is C10H15ClN2S. The second-order valence-electron chi connectivity index (χ2n) is 4.11. The van der Waals surface area contributed by atoms with Crippen LogP contribution in [0.15, 0.2) is 5.38 Å². The number of thiazole rings is 1. The fourth-order valence-electron chi connectivity index (χ4n) is 1.79. The molecule has 2 atom stereocenters. The summed E-state index contributed by atoms with van der Waals surface area (Å²) in [5, 5.41) is 3.19. The van der Waals surface area contributed by atoms with Crippen LogP contribution in [0.25, 0.3) is 0 Å². The van der Waals surface area contributed by atoms with Gasteiger partial charge in [-0.25, -0.2) is 4.98 Å². The lowest BCUT2D eigenvalue weighted by Crippen LogP contribution is -2.19. The molecule has 0 saturated carbocycles. The van der Waals surface area contributed by atoms with Crippen LogP contribution in [0.1, 0.15) is 19.5 Å². The third kappa shape index (κ3) is 1.89. The molecule has 0 radical (unpaired) electrons. The summed E-state index contributed by atoms with van der Waals surface area (Å²) in [4.78, 5) is 6.86. The fraction of sp³-hybridized carbons (Fsp3) is 0.700. The van der Waals surface area contributed by atoms with Gasteiger partial charge in [0.2, 0.25) is 0 Å². The molecule has 0 amide bonds. The summed E-state index contributed by atoms with van der Waals surface area (Å²) in [5.74, 6) is 2.08. The van der Waals surface area contributed by atoms with Crippen molar-refractivity contribution in [2.24, 2.45) is 11.8 Å². The predicted octanol–water partition coefficient (Wildman–Crippen LogP) is 2.97. The number of halogens is 1. The minimum Gasteiger partial charge on any atom is -0.348 e. The molecule has 1 aliphatic heterocycles. The van der Waals surface area contributed by atoms with Crippen molar-refractivity contribution in [2.45, 2.75) is 19.7 Å². The smallest absolute Gasteiger partial charge is 0.185 e. The standard InChI is InChI=1S/C10H15ClN2S/c1-7-4-13(5-8(7)2)10-12-9(3-11)6-14-10/h6-8H,3-5H2,1-2H3. The van der Waals surface area contributed by atoms with E-state index >= 15 is 0 Å². The zero-order chi connectivity index (χ0) is 10.1. The van der Waals surface area contributed by atoms with Crippen molar-refractivity contribution in [3.8, 4) is 0 Å². The lowest BCUT2D eigenvalue weighted by molar-refractivity contribution is 0.494. The zero-order valence-corrected chi connectivity index (χ0v) is 10.1. The summed E-state index contributed by atoms with van der Waals surface area (Å²) >= 11 is 7.44. The molecule has 2 heterocycles. The molecule has 1 aliphatic rings. The van der Waals surface area contributed by atoms with Crippen LogP contribution in [0, 0.1) is 11.8 Å². The van der Waals surface area contributed by atoms with E-state index in [1.54, 1.807) is 11.3 Å². The zero-order valence-electron chi connectivity index (χ0n) is 8.53. The SMILES string of the molecule is CC1CN(c2nc(CCl)cs2)CC1C. The number of anilines is 1. The Morgan fingerprint density at radius 3 is 2.64 bits per heavy atom. The van der Waals surface area contributed by atoms with Crippen LogP contribution in [-0.4, -0.2) is 18.1 Å². The highest BCUT2D eigenvalue weighted by molar-refractivity contribution is 7.13. The number of hydrogen-bond donors (Lipinski definition) is 0. The average Bonchev–Trinajstić information content (AvgIpc) is 2.74. The van der Waals surface area contributed by atoms with Gasteiger partial charge < -0.3 is 4.90 Å². The first-order chi connectivity index (χ1) is 6.70. The Hall–Kier alpha value is -0.280. The molecule has 78 valence electrons. The maximum absolute atomic E-state index is 5.73. The highest BCUT2D eigenvalue weighted by Gasteiger charge is 2.27. The van der Waals surface area contributed by atoms with Gasteiger partial charge in [0.15, 0.2) is 5.13 Å². The normalized spacial score (nSPS) is 27.2. The highest BCUT2D eigenvalue weighted by Crippen LogP contribution is 2.30. The van der Waals surface area contributed by atoms with Gasteiger partial charge in [0.05, 0.1) is 11.6 Å². The van der Waals surface area contributed by atoms with Crippen molar-refractivity contribution in [3.63, 3.8) is 0 Å². The summed E-state index contributed by atoms with van der Waals surface area (Å²) < 4.78 is 0. The molecule has 2 nitrogen and oxygen atoms in total. The van der Waals surface area contributed by atoms with Gasteiger partial charge in [-0.1, -0.05) is 13.8 Å². The van der Waals surface area contributed by atoms with Crippen molar-refractivity contribution in [2.75, 3.05) is 18.0 Å². The molecule has 14 heavy (non-hydrogen) atoms. The summed E-state index contributed by atoms with van der Waals surface area (Å²) in [6.07, 6.45) is 0. The Balaban J connectivity index is 2.09. The van der Waals surface area contributed by atoms with E-state index in [1.807, 2.05) is 0 Å². The molecule has 0 bridgehead atoms. The molecule has 0 spiro atoms. The van der Waals surface area contributed by atoms with Crippen LogP contribution >= 0.6 is 22.9 Å². The van der Waals surface area contributed by atoms with Crippen LogP contribution in [0.3, 0.4) is 0 Å². The third-order valence-corrected chi connectivity index (χ3v) is 4.16. The summed E-state index contributed by atoms with van der Waals surface area (Å²) in [6.45, 7) is 6.88. The Morgan fingerprint density at radius 1 is 1.50 bits per heavy atom. The Labute approximate surface area is 93.9 Å². The largest absolute Gasteiger partial charge is 0.348 e. The van der Waals surface area contributed by atoms with Crippen LogP contribution in [0.5, 0.6) is 0 Å². The van der Waals surface area contributed by atoms with Crippen molar-refractivity contribution in [1.82, 2.24) is 4.98 Å². The minimum atomic E-state index is 0.523. The molecule has 1 aromatic heterocycles. The topological polar surface area (TPSA) is 16.1 Å². The van der Waals surface area contributed by atoms with E-state index in [1.165, 1.54) is 0 Å². The van der Waals surface area contributed by atoms with Gasteiger partial charge in [-0.05, 0) is 11.8 Å². The van der Waals surface area contributed by atoms with E-state index in [0.29, 0.717) is 5.88 Å². The fourth-order valence-corrected chi connectivity index (χ4v) is 2.86. The van der Waals surface area contributed by atoms with E-state index in [2.05, 4.69) is 29.1 Å². The molecule has 2 unspecified atom stereocenters. The monoisotopic (exact) mass is 230 g/mol. The molecular weight excluding hydrogens is 216 g/mol. The molecule has 1 aromatic rings. The lowest BCUT2D eigenvalue weighted by atomic mass is 10.0. The number of hydrogen-bond acceptors (Lipinski definition) is 3. The van der Waals surface area contributed by atoms with Crippen LogP contribution in [0.2, 0.25) is 0 Å². The van der Waals surface area contributed by atoms with Gasteiger partial charge in [0.25, 0.3) is 0 Å². The van der Waals surface area contributed by atoms with E-state index in [4.69, 9.17) is 11.6 Å². The quantitative estimate of drug-likeness (QED) is 0.727. The molecule has 2 rings (SSSR count). The third-order valence-electron chi connectivity index (χ3n) is 2.94. The van der Waals surface area contributed by atoms with E-state index in [0.717, 1.165) is 35.8 Å². The Kier molecular flexibility index (Phi) is 2.98. The number of aromatic nitrogens is 1. The van der Waals surface area contributed by atoms with Crippen molar-refractivity contribution in [1.29, 1.82) is 0 Å². The van der Waals surface area contributed by atoms with Crippen molar-refractivity contribution in [3.05, 3.63) is 11.1 Å². The van der Waals surface area contributed by atoms with Gasteiger partial charge in [-0.2, -0.15) is 0 Å². The maximum atomic E-state index is 5.73. The number of alkyl halides is 1. The van der Waals surface area contributed by atoms with Gasteiger partial charge in [-0.3, -0.25) is 0 Å². The van der Waals surface area contributed by atoms with E-state index in [-0.39, 0.29) is 0 Å². The first-order valence-electron chi connectivity index (χ1n) is 4.96. The molecule has 0 aromatic carbocycles. The van der Waals surface area contributed by atoms with Gasteiger partial charge in [0, 0.05) is 18.5 Å². The lowest BCUT2D eigenvalue weighted by Gasteiger charge is -2.13. The molecule has 1 saturated heterocycles. The van der Waals surface area contributed by atoms with Gasteiger partial charge in [-0.15, -0.1) is 22.9 Å². The maximum Gasteiger partial charge on any atom is 0.185 e. The molecule has 0 N–H and O–H groups in total. The van der Waals surface area contributed by atoms with E-state index < -0.39 is 0 Å². The van der Waals surface area contributed by atoms with E-state index in [9.17, 15) is 0 Å². The second kappa shape index (κ2) is 4.07. The average molecular weight is 231 g/mol. The summed E-state index contributed by atoms with van der Waals surface area (Å²) in [7, 11) is 0. The van der Waals surface area contributed by atoms with Crippen molar-refractivity contribution >= 4 is 28.1 Å². The van der Waals surface area contributed by atoms with Crippen LogP contribution < -0.4 is 4.90 Å². The van der Waals surface area contributed by atoms with Crippen LogP contribution in [0.4, 0.5) is 5.13 Å². The van der Waals surface area contributed by atoms with Gasteiger partial charge in [0.1, 0.15) is 0 Å². The van der Waals surface area contributed by atoms with Crippen molar-refractivity contribution < 1.29 is 0 Å². The minimum absolute atomic E-state index is 0.523.